The highest BCUT2D eigenvalue weighted by Crippen LogP contribution is 2.35. The molecule has 0 saturated heterocycles. The van der Waals surface area contributed by atoms with Crippen LogP contribution in [0.25, 0.3) is 84.3 Å². The Balaban J connectivity index is 1.13. The fourth-order valence-corrected chi connectivity index (χ4v) is 7.36. The van der Waals surface area contributed by atoms with E-state index < -0.39 is 0 Å². The van der Waals surface area contributed by atoms with Crippen LogP contribution < -0.4 is 0 Å². The van der Waals surface area contributed by atoms with Gasteiger partial charge in [0, 0.05) is 44.8 Å². The molecule has 51 heavy (non-hydrogen) atoms. The van der Waals surface area contributed by atoms with Crippen LogP contribution in [-0.4, -0.2) is 14.1 Å². The fraction of sp³-hybridized carbons (Fsp3) is 0. The number of aromatic amines is 1. The molecule has 0 unspecified atom stereocenters. The third-order valence-corrected chi connectivity index (χ3v) is 9.76. The Kier molecular flexibility index (Phi) is 7.64. The number of benzene rings is 6. The van der Waals surface area contributed by atoms with Gasteiger partial charge in [-0.15, -0.1) is 0 Å². The van der Waals surface area contributed by atoms with E-state index in [4.69, 9.17) is 0 Å². The van der Waals surface area contributed by atoms with Crippen LogP contribution in [0.1, 0.15) is 16.8 Å². The Labute approximate surface area is 297 Å². The summed E-state index contributed by atoms with van der Waals surface area (Å²) in [6, 6.07) is 60.6. The minimum absolute atomic E-state index is 0.941. The predicted molar refractivity (Wildman–Crippen MR) is 218 cm³/mol. The number of fused-ring (bicyclic) bond motifs is 6. The van der Waals surface area contributed by atoms with Gasteiger partial charge in [-0.2, -0.15) is 0 Å². The molecule has 0 aliphatic rings. The zero-order valence-corrected chi connectivity index (χ0v) is 28.1. The number of rotatable bonds is 6. The van der Waals surface area contributed by atoms with Gasteiger partial charge in [-0.05, 0) is 95.1 Å². The van der Waals surface area contributed by atoms with Gasteiger partial charge in [0.2, 0.25) is 0 Å². The van der Waals surface area contributed by atoms with Crippen molar-refractivity contribution in [1.82, 2.24) is 14.1 Å². The van der Waals surface area contributed by atoms with Crippen molar-refractivity contribution in [1.29, 1.82) is 0 Å². The molecule has 0 spiro atoms. The topological polar surface area (TPSA) is 25.6 Å². The van der Waals surface area contributed by atoms with Crippen molar-refractivity contribution in [3.63, 3.8) is 0 Å². The third kappa shape index (κ3) is 5.42. The molecule has 0 aliphatic heterocycles. The van der Waals surface area contributed by atoms with Gasteiger partial charge in [-0.1, -0.05) is 122 Å². The Morgan fingerprint density at radius 1 is 0.431 bits per heavy atom. The van der Waals surface area contributed by atoms with Crippen molar-refractivity contribution < 1.29 is 0 Å². The van der Waals surface area contributed by atoms with Crippen LogP contribution >= 0.6 is 0 Å². The predicted octanol–water partition coefficient (Wildman–Crippen LogP) is 12.8. The summed E-state index contributed by atoms with van der Waals surface area (Å²) in [6.07, 6.45) is 8.21. The molecule has 0 radical (unpaired) electrons. The van der Waals surface area contributed by atoms with E-state index in [-0.39, 0.29) is 0 Å². The SMILES string of the molecule is C=Cc1[nH]cccc(-c2ccc3c(c2)c2ccccc2n3-c2ccccc2)ccc1/C=C/c1ccc2c(c1)c1ccccc1n2-c1ccccc1. The second kappa shape index (κ2) is 12.9. The van der Waals surface area contributed by atoms with Gasteiger partial charge in [0.25, 0.3) is 0 Å². The van der Waals surface area contributed by atoms with E-state index in [2.05, 4.69) is 203 Å². The first kappa shape index (κ1) is 30.2. The number of hydrogen-bond acceptors (Lipinski definition) is 0. The van der Waals surface area contributed by atoms with Crippen LogP contribution in [0, 0.1) is 0 Å². The summed E-state index contributed by atoms with van der Waals surface area (Å²) in [7, 11) is 0. The lowest BCUT2D eigenvalue weighted by atomic mass is 10.0. The van der Waals surface area contributed by atoms with Crippen molar-refractivity contribution in [3.05, 3.63) is 199 Å². The summed E-state index contributed by atoms with van der Waals surface area (Å²) >= 11 is 0. The lowest BCUT2D eigenvalue weighted by molar-refractivity contribution is 1.18. The Bertz CT molecular complexity index is 2810. The number of nitrogens with one attached hydrogen (secondary N) is 1. The zero-order valence-electron chi connectivity index (χ0n) is 28.1. The highest BCUT2D eigenvalue weighted by molar-refractivity contribution is 6.11. The summed E-state index contributed by atoms with van der Waals surface area (Å²) in [5.74, 6) is 0. The highest BCUT2D eigenvalue weighted by Gasteiger charge is 2.14. The Morgan fingerprint density at radius 3 is 1.63 bits per heavy atom. The highest BCUT2D eigenvalue weighted by atomic mass is 15.0. The number of hydrogen-bond donors (Lipinski definition) is 1. The van der Waals surface area contributed by atoms with Gasteiger partial charge in [0.05, 0.1) is 22.1 Å². The van der Waals surface area contributed by atoms with E-state index in [1.54, 1.807) is 0 Å². The van der Waals surface area contributed by atoms with Gasteiger partial charge >= 0.3 is 0 Å². The van der Waals surface area contributed by atoms with Gasteiger partial charge in [0.1, 0.15) is 0 Å². The van der Waals surface area contributed by atoms with Crippen LogP contribution in [0.3, 0.4) is 0 Å². The van der Waals surface area contributed by atoms with E-state index in [1.807, 2.05) is 12.3 Å². The van der Waals surface area contributed by atoms with Crippen LogP contribution in [0.2, 0.25) is 0 Å². The monoisotopic (exact) mass is 653 g/mol. The number of aromatic nitrogens is 3. The summed E-state index contributed by atoms with van der Waals surface area (Å²) in [5, 5.41) is 4.94. The molecule has 9 rings (SSSR count). The normalized spacial score (nSPS) is 11.5. The maximum atomic E-state index is 4.12. The van der Waals surface area contributed by atoms with E-state index >= 15 is 0 Å². The molecule has 0 fully saturated rings. The molecule has 0 bridgehead atoms. The van der Waals surface area contributed by atoms with Crippen LogP contribution in [0.15, 0.2) is 183 Å². The van der Waals surface area contributed by atoms with Gasteiger partial charge in [-0.3, -0.25) is 0 Å². The van der Waals surface area contributed by atoms with Crippen molar-refractivity contribution in [2.24, 2.45) is 0 Å². The van der Waals surface area contributed by atoms with Crippen LogP contribution in [-0.2, 0) is 0 Å². The second-order valence-corrected chi connectivity index (χ2v) is 12.8. The number of nitrogens with zero attached hydrogens (tertiary/aromatic N) is 2. The van der Waals surface area contributed by atoms with Crippen molar-refractivity contribution in [3.8, 4) is 22.5 Å². The maximum absolute atomic E-state index is 4.12. The molecule has 3 nitrogen and oxygen atoms in total. The number of H-pyrrole nitrogens is 1. The quantitative estimate of drug-likeness (QED) is 0.185. The van der Waals surface area contributed by atoms with E-state index in [1.165, 1.54) is 43.6 Å². The minimum Gasteiger partial charge on any atom is -0.361 e. The summed E-state index contributed by atoms with van der Waals surface area (Å²) in [4.78, 5) is 3.45. The summed E-state index contributed by atoms with van der Waals surface area (Å²) in [5.41, 5.74) is 12.5. The van der Waals surface area contributed by atoms with E-state index in [0.717, 1.165) is 39.3 Å². The van der Waals surface area contributed by atoms with Gasteiger partial charge < -0.3 is 14.1 Å². The first-order chi connectivity index (χ1) is 25.3. The number of para-hydroxylation sites is 4. The molecule has 0 amide bonds. The van der Waals surface area contributed by atoms with Crippen LogP contribution in [0.4, 0.5) is 0 Å². The molecular formula is C48H35N3. The van der Waals surface area contributed by atoms with Gasteiger partial charge in [0.15, 0.2) is 0 Å². The van der Waals surface area contributed by atoms with Crippen molar-refractivity contribution in [2.75, 3.05) is 0 Å². The minimum atomic E-state index is 0.941. The smallest absolute Gasteiger partial charge is 0.0541 e. The average Bonchev–Trinajstić information content (AvgIpc) is 3.73. The molecule has 0 atom stereocenters. The summed E-state index contributed by atoms with van der Waals surface area (Å²) < 4.78 is 4.70. The molecule has 242 valence electrons. The molecular weight excluding hydrogens is 619 g/mol. The largest absolute Gasteiger partial charge is 0.361 e. The second-order valence-electron chi connectivity index (χ2n) is 12.8. The Morgan fingerprint density at radius 2 is 0.980 bits per heavy atom. The van der Waals surface area contributed by atoms with E-state index in [0.29, 0.717) is 0 Å². The molecule has 1 N–H and O–H groups in total. The third-order valence-electron chi connectivity index (χ3n) is 9.76. The zero-order chi connectivity index (χ0) is 34.1. The van der Waals surface area contributed by atoms with Crippen molar-refractivity contribution in [2.45, 2.75) is 0 Å². The maximum Gasteiger partial charge on any atom is 0.0541 e. The molecule has 3 aromatic heterocycles. The van der Waals surface area contributed by atoms with Crippen LogP contribution in [0.5, 0.6) is 0 Å². The molecule has 0 aliphatic carbocycles. The first-order valence-electron chi connectivity index (χ1n) is 17.3. The first-order valence-corrected chi connectivity index (χ1v) is 17.3. The molecule has 0 saturated carbocycles. The summed E-state index contributed by atoms with van der Waals surface area (Å²) in [6.45, 7) is 4.12. The average molecular weight is 654 g/mol. The molecule has 6 aromatic carbocycles. The molecule has 3 heterocycles. The molecule has 3 heteroatoms. The Hall–Kier alpha value is -6.84. The molecule has 9 aromatic rings. The lowest BCUT2D eigenvalue weighted by Gasteiger charge is -2.08. The standard InChI is InChI=1S/C48H35N3/c1-2-44-36(25-23-34-24-29-47-42(32-34)40-19-9-11-21-45(40)50(47)38-15-5-3-6-16-38)27-26-35(14-13-31-49-44)37-28-30-48-43(33-37)41-20-10-12-22-46(41)51(48)39-17-7-4-8-18-39/h2-33,49H,1H2/b25-23+,27-26?,31-13?,35-14?,44-36?. The van der Waals surface area contributed by atoms with Crippen molar-refractivity contribution >= 4 is 61.8 Å². The lowest BCUT2D eigenvalue weighted by Crippen LogP contribution is -1.92. The van der Waals surface area contributed by atoms with E-state index in [9.17, 15) is 0 Å². The fourth-order valence-electron chi connectivity index (χ4n) is 7.36. The van der Waals surface area contributed by atoms with Gasteiger partial charge in [-0.25, -0.2) is 0 Å².